The average molecular weight is 156 g/mol. The second-order valence-corrected chi connectivity index (χ2v) is 3.71. The SMILES string of the molecule is CC12CNCCN1CCOC2. The molecule has 0 saturated carbocycles. The molecule has 2 aliphatic rings. The zero-order chi connectivity index (χ0) is 7.73. The van der Waals surface area contributed by atoms with E-state index in [0.29, 0.717) is 0 Å². The summed E-state index contributed by atoms with van der Waals surface area (Å²) >= 11 is 0. The van der Waals surface area contributed by atoms with Crippen molar-refractivity contribution >= 4 is 0 Å². The topological polar surface area (TPSA) is 24.5 Å². The molecule has 3 heteroatoms. The minimum absolute atomic E-state index is 0.274. The first kappa shape index (κ1) is 7.53. The van der Waals surface area contributed by atoms with Crippen LogP contribution in [0.5, 0.6) is 0 Å². The zero-order valence-electron chi connectivity index (χ0n) is 7.10. The third kappa shape index (κ3) is 1.28. The first-order valence-electron chi connectivity index (χ1n) is 4.35. The minimum atomic E-state index is 0.274. The van der Waals surface area contributed by atoms with E-state index in [4.69, 9.17) is 4.74 Å². The Morgan fingerprint density at radius 1 is 1.45 bits per heavy atom. The third-order valence-electron chi connectivity index (χ3n) is 2.75. The maximum Gasteiger partial charge on any atom is 0.0660 e. The molecule has 0 aromatic carbocycles. The summed E-state index contributed by atoms with van der Waals surface area (Å²) in [5, 5.41) is 3.40. The summed E-state index contributed by atoms with van der Waals surface area (Å²) in [6, 6.07) is 0. The lowest BCUT2D eigenvalue weighted by Gasteiger charge is -2.47. The number of piperazine rings is 1. The Hall–Kier alpha value is -0.120. The Bertz CT molecular complexity index is 137. The van der Waals surface area contributed by atoms with Crippen LogP contribution in [-0.2, 0) is 4.74 Å². The van der Waals surface area contributed by atoms with Crippen LogP contribution in [0, 0.1) is 0 Å². The smallest absolute Gasteiger partial charge is 0.0660 e. The molecular formula is C8H16N2O. The van der Waals surface area contributed by atoms with Crippen LogP contribution < -0.4 is 5.32 Å². The summed E-state index contributed by atoms with van der Waals surface area (Å²) in [4.78, 5) is 2.53. The molecule has 1 N–H and O–H groups in total. The Morgan fingerprint density at radius 3 is 3.18 bits per heavy atom. The fourth-order valence-corrected chi connectivity index (χ4v) is 1.94. The van der Waals surface area contributed by atoms with Crippen molar-refractivity contribution in [1.82, 2.24) is 10.2 Å². The van der Waals surface area contributed by atoms with E-state index in [1.165, 1.54) is 6.54 Å². The predicted octanol–water partition coefficient (Wildman–Crippen LogP) is -0.319. The standard InChI is InChI=1S/C8H16N2O/c1-8-6-9-2-3-10(8)4-5-11-7-8/h9H,2-7H2,1H3. The van der Waals surface area contributed by atoms with Gasteiger partial charge in [-0.15, -0.1) is 0 Å². The molecule has 1 atom stereocenters. The fraction of sp³-hybridized carbons (Fsp3) is 1.00. The molecule has 2 heterocycles. The number of hydrogen-bond donors (Lipinski definition) is 1. The van der Waals surface area contributed by atoms with Crippen molar-refractivity contribution in [1.29, 1.82) is 0 Å². The molecule has 2 saturated heterocycles. The number of morpholine rings is 1. The van der Waals surface area contributed by atoms with Crippen molar-refractivity contribution in [2.24, 2.45) is 0 Å². The fourth-order valence-electron chi connectivity index (χ4n) is 1.94. The van der Waals surface area contributed by atoms with Gasteiger partial charge in [0.25, 0.3) is 0 Å². The second kappa shape index (κ2) is 2.73. The summed E-state index contributed by atoms with van der Waals surface area (Å²) in [5.41, 5.74) is 0.274. The van der Waals surface area contributed by atoms with E-state index >= 15 is 0 Å². The number of rotatable bonds is 0. The second-order valence-electron chi connectivity index (χ2n) is 3.71. The lowest BCUT2D eigenvalue weighted by atomic mass is 9.97. The van der Waals surface area contributed by atoms with Gasteiger partial charge in [0, 0.05) is 26.2 Å². The summed E-state index contributed by atoms with van der Waals surface area (Å²) in [6.07, 6.45) is 0. The van der Waals surface area contributed by atoms with E-state index < -0.39 is 0 Å². The van der Waals surface area contributed by atoms with E-state index in [1.54, 1.807) is 0 Å². The van der Waals surface area contributed by atoms with Crippen molar-refractivity contribution in [3.05, 3.63) is 0 Å². The first-order chi connectivity index (χ1) is 5.31. The van der Waals surface area contributed by atoms with Gasteiger partial charge in [0.2, 0.25) is 0 Å². The Kier molecular flexibility index (Phi) is 1.87. The van der Waals surface area contributed by atoms with Crippen LogP contribution in [0.4, 0.5) is 0 Å². The molecule has 0 amide bonds. The van der Waals surface area contributed by atoms with Crippen LogP contribution in [-0.4, -0.2) is 49.8 Å². The quantitative estimate of drug-likeness (QED) is 0.520. The number of nitrogens with zero attached hydrogens (tertiary/aromatic N) is 1. The third-order valence-corrected chi connectivity index (χ3v) is 2.75. The molecule has 0 radical (unpaired) electrons. The maximum atomic E-state index is 5.46. The highest BCUT2D eigenvalue weighted by molar-refractivity contribution is 4.94. The van der Waals surface area contributed by atoms with Crippen LogP contribution in [0.15, 0.2) is 0 Å². The van der Waals surface area contributed by atoms with Gasteiger partial charge in [0.15, 0.2) is 0 Å². The average Bonchev–Trinajstić information content (AvgIpc) is 2.03. The lowest BCUT2D eigenvalue weighted by molar-refractivity contribution is -0.0698. The molecule has 0 spiro atoms. The van der Waals surface area contributed by atoms with Crippen LogP contribution in [0.1, 0.15) is 6.92 Å². The van der Waals surface area contributed by atoms with Crippen LogP contribution in [0.25, 0.3) is 0 Å². The Labute approximate surface area is 67.7 Å². The van der Waals surface area contributed by atoms with E-state index in [9.17, 15) is 0 Å². The number of hydrogen-bond acceptors (Lipinski definition) is 3. The van der Waals surface area contributed by atoms with E-state index in [-0.39, 0.29) is 5.54 Å². The summed E-state index contributed by atoms with van der Waals surface area (Å²) in [5.74, 6) is 0. The van der Waals surface area contributed by atoms with Crippen LogP contribution in [0.3, 0.4) is 0 Å². The molecular weight excluding hydrogens is 140 g/mol. The highest BCUT2D eigenvalue weighted by Gasteiger charge is 2.36. The van der Waals surface area contributed by atoms with Gasteiger partial charge in [0.05, 0.1) is 18.8 Å². The van der Waals surface area contributed by atoms with Gasteiger partial charge in [-0.05, 0) is 6.92 Å². The van der Waals surface area contributed by atoms with E-state index in [2.05, 4.69) is 17.1 Å². The molecule has 0 aliphatic carbocycles. The normalized spacial score (nSPS) is 40.1. The largest absolute Gasteiger partial charge is 0.378 e. The molecule has 0 bridgehead atoms. The van der Waals surface area contributed by atoms with Crippen LogP contribution >= 0.6 is 0 Å². The summed E-state index contributed by atoms with van der Waals surface area (Å²) in [6.45, 7) is 8.58. The summed E-state index contributed by atoms with van der Waals surface area (Å²) in [7, 11) is 0. The van der Waals surface area contributed by atoms with Crippen molar-refractivity contribution in [3.63, 3.8) is 0 Å². The zero-order valence-corrected chi connectivity index (χ0v) is 7.10. The van der Waals surface area contributed by atoms with Gasteiger partial charge in [-0.25, -0.2) is 0 Å². The molecule has 0 aromatic rings. The number of fused-ring (bicyclic) bond motifs is 1. The monoisotopic (exact) mass is 156 g/mol. The lowest BCUT2D eigenvalue weighted by Crippen LogP contribution is -2.64. The molecule has 11 heavy (non-hydrogen) atoms. The van der Waals surface area contributed by atoms with Gasteiger partial charge in [-0.3, -0.25) is 4.90 Å². The Balaban J connectivity index is 2.06. The van der Waals surface area contributed by atoms with Crippen LogP contribution in [0.2, 0.25) is 0 Å². The van der Waals surface area contributed by atoms with Gasteiger partial charge >= 0.3 is 0 Å². The molecule has 64 valence electrons. The van der Waals surface area contributed by atoms with E-state index in [1.807, 2.05) is 0 Å². The van der Waals surface area contributed by atoms with E-state index in [0.717, 1.165) is 32.8 Å². The van der Waals surface area contributed by atoms with Gasteiger partial charge in [-0.1, -0.05) is 0 Å². The maximum absolute atomic E-state index is 5.46. The Morgan fingerprint density at radius 2 is 2.36 bits per heavy atom. The number of ether oxygens (including phenoxy) is 1. The van der Waals surface area contributed by atoms with Crippen molar-refractivity contribution in [3.8, 4) is 0 Å². The van der Waals surface area contributed by atoms with Gasteiger partial charge < -0.3 is 10.1 Å². The van der Waals surface area contributed by atoms with Crippen molar-refractivity contribution in [2.45, 2.75) is 12.5 Å². The molecule has 2 aliphatic heterocycles. The summed E-state index contributed by atoms with van der Waals surface area (Å²) < 4.78 is 5.46. The van der Waals surface area contributed by atoms with Gasteiger partial charge in [0.1, 0.15) is 0 Å². The van der Waals surface area contributed by atoms with Crippen molar-refractivity contribution < 1.29 is 4.74 Å². The molecule has 2 fully saturated rings. The molecule has 1 unspecified atom stereocenters. The highest BCUT2D eigenvalue weighted by Crippen LogP contribution is 2.20. The molecule has 2 rings (SSSR count). The van der Waals surface area contributed by atoms with Crippen molar-refractivity contribution in [2.75, 3.05) is 39.4 Å². The first-order valence-corrected chi connectivity index (χ1v) is 4.35. The molecule has 3 nitrogen and oxygen atoms in total. The molecule has 0 aromatic heterocycles. The highest BCUT2D eigenvalue weighted by atomic mass is 16.5. The predicted molar refractivity (Wildman–Crippen MR) is 43.7 cm³/mol. The van der Waals surface area contributed by atoms with Gasteiger partial charge in [-0.2, -0.15) is 0 Å². The number of nitrogens with one attached hydrogen (secondary N) is 1. The minimum Gasteiger partial charge on any atom is -0.378 e.